The molecule has 2 aliphatic heterocycles. The highest BCUT2D eigenvalue weighted by molar-refractivity contribution is 7.89. The molecule has 5 rings (SSSR count). The summed E-state index contributed by atoms with van der Waals surface area (Å²) in [4.78, 5) is 11.2. The van der Waals surface area contributed by atoms with Crippen LogP contribution >= 0.6 is 0 Å². The molecule has 190 valence electrons. The molecule has 8 nitrogen and oxygen atoms in total. The van der Waals surface area contributed by atoms with Gasteiger partial charge in [0.2, 0.25) is 16.0 Å². The van der Waals surface area contributed by atoms with Gasteiger partial charge in [0, 0.05) is 37.1 Å². The zero-order valence-electron chi connectivity index (χ0n) is 20.0. The topological polar surface area (TPSA) is 98.7 Å². The first-order chi connectivity index (χ1) is 17.3. The minimum Gasteiger partial charge on any atom is -0.388 e. The predicted octanol–water partition coefficient (Wildman–Crippen LogP) is 3.64. The lowest BCUT2D eigenvalue weighted by Crippen LogP contribution is -2.51. The van der Waals surface area contributed by atoms with Gasteiger partial charge >= 0.3 is 0 Å². The van der Waals surface area contributed by atoms with Crippen LogP contribution < -0.4 is 5.32 Å². The van der Waals surface area contributed by atoms with Gasteiger partial charge in [-0.15, -0.1) is 0 Å². The van der Waals surface area contributed by atoms with Crippen LogP contribution in [0.4, 0.5) is 16.0 Å². The quantitative estimate of drug-likeness (QED) is 0.500. The van der Waals surface area contributed by atoms with Crippen LogP contribution in [0.25, 0.3) is 11.3 Å². The fourth-order valence-corrected chi connectivity index (χ4v) is 6.29. The van der Waals surface area contributed by atoms with Gasteiger partial charge < -0.3 is 15.3 Å². The normalized spacial score (nSPS) is 18.8. The molecule has 3 aromatic rings. The molecule has 0 bridgehead atoms. The van der Waals surface area contributed by atoms with E-state index in [4.69, 9.17) is 0 Å². The zero-order valence-corrected chi connectivity index (χ0v) is 20.8. The molecule has 0 spiro atoms. The van der Waals surface area contributed by atoms with Crippen molar-refractivity contribution in [2.24, 2.45) is 0 Å². The Bertz CT molecular complexity index is 1290. The van der Waals surface area contributed by atoms with Crippen LogP contribution in [0.2, 0.25) is 0 Å². The summed E-state index contributed by atoms with van der Waals surface area (Å²) in [5, 5.41) is 14.1. The lowest BCUT2D eigenvalue weighted by atomic mass is 9.92. The van der Waals surface area contributed by atoms with Gasteiger partial charge in [-0.1, -0.05) is 0 Å². The summed E-state index contributed by atoms with van der Waals surface area (Å²) in [6.07, 6.45) is 4.79. The molecule has 0 unspecified atom stereocenters. The summed E-state index contributed by atoms with van der Waals surface area (Å²) >= 11 is 0. The SMILES string of the molecule is O=S(=O)(c1ccc(Nc2nccc(-c3ccc(F)cc3)n2)cc1)N1CCC(O)(CN2CCCC2)CC1. The number of benzene rings is 2. The molecule has 2 N–H and O–H groups in total. The van der Waals surface area contributed by atoms with E-state index < -0.39 is 15.6 Å². The van der Waals surface area contributed by atoms with Crippen LogP contribution in [0.5, 0.6) is 0 Å². The van der Waals surface area contributed by atoms with Crippen LogP contribution in [0, 0.1) is 5.82 Å². The Morgan fingerprint density at radius 3 is 2.28 bits per heavy atom. The van der Waals surface area contributed by atoms with Crippen LogP contribution in [-0.2, 0) is 10.0 Å². The molecule has 0 saturated carbocycles. The van der Waals surface area contributed by atoms with Gasteiger partial charge in [0.05, 0.1) is 16.2 Å². The standard InChI is InChI=1S/C26H30FN5O3S/c27-21-5-3-20(4-6-21)24-11-14-28-25(30-24)29-22-7-9-23(10-8-22)36(34,35)32-17-12-26(33,13-18-32)19-31-15-1-2-16-31/h3-11,14,33H,1-2,12-13,15-19H2,(H,28,29,30). The van der Waals surface area contributed by atoms with Crippen LogP contribution in [0.1, 0.15) is 25.7 Å². The molecule has 0 amide bonds. The Labute approximate surface area is 210 Å². The number of likely N-dealkylation sites (tertiary alicyclic amines) is 1. The van der Waals surface area contributed by atoms with Crippen molar-refractivity contribution in [3.8, 4) is 11.3 Å². The fraction of sp³-hybridized carbons (Fsp3) is 0.385. The third-order valence-corrected chi connectivity index (χ3v) is 8.83. The molecule has 2 fully saturated rings. The second-order valence-electron chi connectivity index (χ2n) is 9.53. The number of nitrogens with zero attached hydrogens (tertiary/aromatic N) is 4. The van der Waals surface area contributed by atoms with E-state index in [1.165, 1.54) is 16.4 Å². The molecule has 0 radical (unpaired) electrons. The van der Waals surface area contributed by atoms with Crippen molar-refractivity contribution in [2.45, 2.75) is 36.2 Å². The smallest absolute Gasteiger partial charge is 0.243 e. The third-order valence-electron chi connectivity index (χ3n) is 6.91. The molecule has 10 heteroatoms. The van der Waals surface area contributed by atoms with Crippen molar-refractivity contribution in [3.63, 3.8) is 0 Å². The molecule has 0 aliphatic carbocycles. The Morgan fingerprint density at radius 2 is 1.61 bits per heavy atom. The van der Waals surface area contributed by atoms with Crippen molar-refractivity contribution in [1.82, 2.24) is 19.2 Å². The second kappa shape index (κ2) is 10.2. The van der Waals surface area contributed by atoms with E-state index in [-0.39, 0.29) is 10.7 Å². The summed E-state index contributed by atoms with van der Waals surface area (Å²) in [5.41, 5.74) is 1.22. The molecule has 0 atom stereocenters. The minimum absolute atomic E-state index is 0.207. The largest absolute Gasteiger partial charge is 0.388 e. The van der Waals surface area contributed by atoms with E-state index in [1.807, 2.05) is 0 Å². The van der Waals surface area contributed by atoms with Gasteiger partial charge in [0.1, 0.15) is 5.82 Å². The van der Waals surface area contributed by atoms with Crippen molar-refractivity contribution in [2.75, 3.05) is 38.0 Å². The lowest BCUT2D eigenvalue weighted by molar-refractivity contribution is -0.0284. The van der Waals surface area contributed by atoms with Crippen molar-refractivity contribution < 1.29 is 17.9 Å². The van der Waals surface area contributed by atoms with E-state index in [9.17, 15) is 17.9 Å². The van der Waals surface area contributed by atoms with Crippen molar-refractivity contribution in [3.05, 3.63) is 66.6 Å². The van der Waals surface area contributed by atoms with Crippen molar-refractivity contribution in [1.29, 1.82) is 0 Å². The van der Waals surface area contributed by atoms with Gasteiger partial charge in [-0.25, -0.2) is 22.8 Å². The van der Waals surface area contributed by atoms with Gasteiger partial charge in [-0.2, -0.15) is 4.31 Å². The van der Waals surface area contributed by atoms with Gasteiger partial charge in [0.15, 0.2) is 0 Å². The highest BCUT2D eigenvalue weighted by Crippen LogP contribution is 2.29. The van der Waals surface area contributed by atoms with E-state index in [1.54, 1.807) is 48.7 Å². The average Bonchev–Trinajstić information content (AvgIpc) is 3.38. The van der Waals surface area contributed by atoms with E-state index in [0.29, 0.717) is 49.8 Å². The number of sulfonamides is 1. The number of halogens is 1. The lowest BCUT2D eigenvalue weighted by Gasteiger charge is -2.39. The third kappa shape index (κ3) is 5.57. The second-order valence-corrected chi connectivity index (χ2v) is 11.5. The maximum absolute atomic E-state index is 13.2. The van der Waals surface area contributed by atoms with E-state index in [2.05, 4.69) is 20.2 Å². The van der Waals surface area contributed by atoms with Crippen LogP contribution in [-0.4, -0.2) is 71.0 Å². The number of nitrogens with one attached hydrogen (secondary N) is 1. The Hall–Kier alpha value is -2.92. The summed E-state index contributed by atoms with van der Waals surface area (Å²) in [7, 11) is -3.66. The van der Waals surface area contributed by atoms with Crippen LogP contribution in [0.15, 0.2) is 65.7 Å². The number of rotatable bonds is 7. The maximum Gasteiger partial charge on any atom is 0.243 e. The Kier molecular flexibility index (Phi) is 7.03. The molecule has 1 aromatic heterocycles. The molecule has 3 heterocycles. The summed E-state index contributed by atoms with van der Waals surface area (Å²) in [5.74, 6) is 0.0317. The van der Waals surface area contributed by atoms with E-state index >= 15 is 0 Å². The summed E-state index contributed by atoms with van der Waals surface area (Å²) < 4.78 is 41.1. The molecular weight excluding hydrogens is 481 g/mol. The first-order valence-corrected chi connectivity index (χ1v) is 13.7. The molecule has 2 aromatic carbocycles. The summed E-state index contributed by atoms with van der Waals surface area (Å²) in [6, 6.07) is 14.3. The first-order valence-electron chi connectivity index (χ1n) is 12.2. The van der Waals surface area contributed by atoms with Crippen molar-refractivity contribution >= 4 is 21.7 Å². The Balaban J connectivity index is 1.22. The fourth-order valence-electron chi connectivity index (χ4n) is 4.85. The number of hydrogen-bond donors (Lipinski definition) is 2. The highest BCUT2D eigenvalue weighted by Gasteiger charge is 2.38. The number of piperidine rings is 1. The summed E-state index contributed by atoms with van der Waals surface area (Å²) in [6.45, 7) is 3.23. The maximum atomic E-state index is 13.2. The van der Waals surface area contributed by atoms with Gasteiger partial charge in [0.25, 0.3) is 0 Å². The van der Waals surface area contributed by atoms with Crippen LogP contribution in [0.3, 0.4) is 0 Å². The first kappa shape index (κ1) is 24.8. The number of hydrogen-bond acceptors (Lipinski definition) is 7. The average molecular weight is 512 g/mol. The molecule has 2 aliphatic rings. The highest BCUT2D eigenvalue weighted by atomic mass is 32.2. The molecule has 36 heavy (non-hydrogen) atoms. The number of β-amino-alcohol motifs (C(OH)–C–C–N with tert-alkyl or cyclic N) is 1. The molecular formula is C26H30FN5O3S. The Morgan fingerprint density at radius 1 is 0.944 bits per heavy atom. The van der Waals surface area contributed by atoms with Gasteiger partial charge in [-0.05, 0) is 93.4 Å². The molecule has 2 saturated heterocycles. The predicted molar refractivity (Wildman–Crippen MR) is 136 cm³/mol. The number of anilines is 2. The van der Waals surface area contributed by atoms with E-state index in [0.717, 1.165) is 31.5 Å². The zero-order chi connectivity index (χ0) is 25.2. The number of aromatic nitrogens is 2. The monoisotopic (exact) mass is 511 g/mol. The minimum atomic E-state index is -3.66. The van der Waals surface area contributed by atoms with Gasteiger partial charge in [-0.3, -0.25) is 0 Å². The number of aliphatic hydroxyl groups is 1.